The van der Waals surface area contributed by atoms with E-state index in [0.717, 1.165) is 0 Å². The Kier molecular flexibility index (Phi) is 2.86. The maximum absolute atomic E-state index is 13.6. The molecule has 0 aromatic heterocycles. The van der Waals surface area contributed by atoms with Crippen molar-refractivity contribution >= 4 is 5.97 Å². The van der Waals surface area contributed by atoms with Crippen LogP contribution in [0.25, 0.3) is 0 Å². The predicted octanol–water partition coefficient (Wildman–Crippen LogP) is 3.56. The monoisotopic (exact) mass is 436 g/mol. The Bertz CT molecular complexity index is 1390. The molecular formula is C24H38N2O4. The molecule has 1 aromatic rings. The summed E-state index contributed by atoms with van der Waals surface area (Å²) in [6, 6.07) is -7.63. The van der Waals surface area contributed by atoms with Crippen molar-refractivity contribution in [3.8, 4) is 11.5 Å². The molecular weight excluding hydrogens is 380 g/mol. The zero-order chi connectivity index (χ0) is 37.4. The second kappa shape index (κ2) is 9.56. The first-order valence-corrected chi connectivity index (χ1v) is 9.55. The summed E-state index contributed by atoms with van der Waals surface area (Å²) in [6.07, 6.45) is -3.37. The van der Waals surface area contributed by atoms with Gasteiger partial charge in [-0.15, -0.1) is 0 Å². The maximum Gasteiger partial charge on any atom is 0.323 e. The largest absolute Gasteiger partial charge is 0.493 e. The van der Waals surface area contributed by atoms with E-state index in [-0.39, 0.29) is 43.0 Å². The number of hydrogen-bond acceptors (Lipinski definition) is 6. The number of piperidine rings is 1. The number of fused-ring (bicyclic) bond motifs is 3. The Hall–Kier alpha value is -1.79. The standard InChI is InChI=1S/C24H38N2O4/c1-14(2)9-17-13-26-8-7-16-10-21(28-5)22(29-6)11-18(16)19(26)12-20(17)30-24(27)23(25)15(3)4/h10-11,14-15,17,19-20,23H,7-9,12-13,25H2,1-6H3/t17?,19?,20?,23-/m0/s1/i3D3,4D3,5D3,6D3,10D,11D,15D,19D,20D,23D. The molecule has 0 bridgehead atoms. The first-order chi connectivity index (χ1) is 21.2. The summed E-state index contributed by atoms with van der Waals surface area (Å²) in [5.74, 6) is -8.99. The average molecular weight is 437 g/mol. The van der Waals surface area contributed by atoms with Gasteiger partial charge in [-0.3, -0.25) is 9.69 Å². The van der Waals surface area contributed by atoms with Gasteiger partial charge in [0, 0.05) is 41.0 Å². The number of carbonyl (C=O) groups excluding carboxylic acids is 1. The van der Waals surface area contributed by atoms with E-state index in [1.807, 2.05) is 0 Å². The van der Waals surface area contributed by atoms with Gasteiger partial charge in [0.25, 0.3) is 0 Å². The summed E-state index contributed by atoms with van der Waals surface area (Å²) in [5, 5.41) is 0. The van der Waals surface area contributed by atoms with Crippen LogP contribution in [0.15, 0.2) is 12.1 Å². The van der Waals surface area contributed by atoms with Gasteiger partial charge in [0.2, 0.25) is 0 Å². The quantitative estimate of drug-likeness (QED) is 0.659. The molecule has 0 aliphatic carbocycles. The van der Waals surface area contributed by atoms with Gasteiger partial charge >= 0.3 is 5.97 Å². The Morgan fingerprint density at radius 2 is 2.10 bits per heavy atom. The zero-order valence-corrected chi connectivity index (χ0v) is 16.8. The number of carbonyl (C=O) groups is 1. The highest BCUT2D eigenvalue weighted by Gasteiger charge is 2.41. The van der Waals surface area contributed by atoms with Gasteiger partial charge in [-0.05, 0) is 47.9 Å². The van der Waals surface area contributed by atoms with Crippen molar-refractivity contribution in [2.75, 3.05) is 27.2 Å². The molecule has 2 heterocycles. The minimum atomic E-state index is -3.93. The fraction of sp³-hybridized carbons (Fsp3) is 0.708. The molecule has 0 saturated carbocycles. The molecule has 1 saturated heterocycles. The lowest BCUT2D eigenvalue weighted by molar-refractivity contribution is -0.160. The molecule has 3 rings (SSSR count). The van der Waals surface area contributed by atoms with Gasteiger partial charge in [-0.1, -0.05) is 27.6 Å². The first kappa shape index (κ1) is 8.99. The highest BCUT2D eigenvalue weighted by Crippen LogP contribution is 2.44. The van der Waals surface area contributed by atoms with Gasteiger partial charge in [0.15, 0.2) is 11.5 Å². The lowest BCUT2D eigenvalue weighted by Crippen LogP contribution is -2.51. The van der Waals surface area contributed by atoms with Crippen LogP contribution >= 0.6 is 0 Å². The van der Waals surface area contributed by atoms with Crippen molar-refractivity contribution in [2.24, 2.45) is 23.5 Å². The fourth-order valence-corrected chi connectivity index (χ4v) is 3.87. The summed E-state index contributed by atoms with van der Waals surface area (Å²) >= 11 is 0. The van der Waals surface area contributed by atoms with Crippen molar-refractivity contribution in [3.05, 3.63) is 23.2 Å². The van der Waals surface area contributed by atoms with Crippen molar-refractivity contribution in [1.29, 1.82) is 0 Å². The van der Waals surface area contributed by atoms with Crippen molar-refractivity contribution in [3.63, 3.8) is 0 Å². The topological polar surface area (TPSA) is 74.0 Å². The highest BCUT2D eigenvalue weighted by molar-refractivity contribution is 5.76. The summed E-state index contributed by atoms with van der Waals surface area (Å²) in [6.45, 7) is -4.30. The Morgan fingerprint density at radius 1 is 1.37 bits per heavy atom. The van der Waals surface area contributed by atoms with E-state index >= 15 is 0 Å². The van der Waals surface area contributed by atoms with E-state index in [0.29, 0.717) is 0 Å². The smallest absolute Gasteiger partial charge is 0.323 e. The van der Waals surface area contributed by atoms with Crippen molar-refractivity contribution in [1.82, 2.24) is 4.90 Å². The fourth-order valence-electron chi connectivity index (χ4n) is 3.87. The molecule has 1 fully saturated rings. The molecule has 4 atom stereocenters. The molecule has 2 aliphatic heterocycles. The van der Waals surface area contributed by atoms with Crippen molar-refractivity contribution < 1.29 is 43.7 Å². The third-order valence-electron chi connectivity index (χ3n) is 5.22. The lowest BCUT2D eigenvalue weighted by atomic mass is 9.79. The van der Waals surface area contributed by atoms with Crippen LogP contribution in [0.2, 0.25) is 0 Å². The molecule has 2 aliphatic rings. The average Bonchev–Trinajstić information content (AvgIpc) is 2.85. The van der Waals surface area contributed by atoms with Crippen LogP contribution in [0.4, 0.5) is 0 Å². The van der Waals surface area contributed by atoms with E-state index < -0.39 is 93.7 Å². The van der Waals surface area contributed by atoms with Crippen LogP contribution in [-0.4, -0.2) is 50.1 Å². The van der Waals surface area contributed by atoms with Gasteiger partial charge in [-0.25, -0.2) is 0 Å². The SMILES string of the molecule is [2H]c1c2c(c([2H])c(OC([2H])([2H])[2H])c1OC([2H])([2H])[2H])C1([2H])CC([2H])(OC(=O)[C@@]([2H])(N)C([2H])(C([2H])([2H])[2H])C([2H])([2H])[2H])C(CC(C)C)CN1CC2. The number of esters is 1. The molecule has 168 valence electrons. The normalized spacial score (nSPS) is 41.7. The maximum atomic E-state index is 13.6. The van der Waals surface area contributed by atoms with E-state index in [1.54, 1.807) is 13.8 Å². The Labute approximate surface area is 206 Å². The van der Waals surface area contributed by atoms with Gasteiger partial charge < -0.3 is 19.9 Å². The van der Waals surface area contributed by atoms with Crippen LogP contribution in [-0.2, 0) is 16.0 Å². The number of hydrogen-bond donors (Lipinski definition) is 1. The third-order valence-corrected chi connectivity index (χ3v) is 5.22. The van der Waals surface area contributed by atoms with Crippen LogP contribution in [0, 0.1) is 17.7 Å². The number of nitrogens with zero attached hydrogens (tertiary/aromatic N) is 1. The van der Waals surface area contributed by atoms with Crippen LogP contribution in [0.1, 0.15) is 82.2 Å². The van der Waals surface area contributed by atoms with Crippen molar-refractivity contribution in [2.45, 2.75) is 64.9 Å². The minimum absolute atomic E-state index is 0.000321. The van der Waals surface area contributed by atoms with E-state index in [2.05, 4.69) is 0 Å². The Morgan fingerprint density at radius 3 is 2.77 bits per heavy atom. The Balaban J connectivity index is 2.26. The minimum Gasteiger partial charge on any atom is -0.493 e. The summed E-state index contributed by atoms with van der Waals surface area (Å²) in [4.78, 5) is 15.0. The highest BCUT2D eigenvalue weighted by atomic mass is 16.5. The second-order valence-corrected chi connectivity index (χ2v) is 7.76. The summed E-state index contributed by atoms with van der Waals surface area (Å²) in [7, 11) is -6.48. The second-order valence-electron chi connectivity index (χ2n) is 7.76. The molecule has 1 aromatic carbocycles. The molecule has 3 unspecified atom stereocenters. The first-order valence-electron chi connectivity index (χ1n) is 18.6. The predicted molar refractivity (Wildman–Crippen MR) is 118 cm³/mol. The van der Waals surface area contributed by atoms with Crippen LogP contribution < -0.4 is 15.2 Å². The van der Waals surface area contributed by atoms with E-state index in [9.17, 15) is 7.54 Å². The van der Waals surface area contributed by atoms with E-state index in [1.165, 1.54) is 4.90 Å². The summed E-state index contributed by atoms with van der Waals surface area (Å²) < 4.78 is 160. The van der Waals surface area contributed by atoms with E-state index in [4.69, 9.17) is 41.9 Å². The van der Waals surface area contributed by atoms with Crippen LogP contribution in [0.5, 0.6) is 11.5 Å². The van der Waals surface area contributed by atoms with Crippen LogP contribution in [0.3, 0.4) is 0 Å². The zero-order valence-electron chi connectivity index (χ0n) is 34.8. The molecule has 6 heteroatoms. The third kappa shape index (κ3) is 4.75. The number of nitrogens with two attached hydrogens (primary N) is 1. The van der Waals surface area contributed by atoms with Gasteiger partial charge in [0.1, 0.15) is 12.1 Å². The molecule has 0 amide bonds. The molecule has 0 spiro atoms. The number of methoxy groups -OCH3 is 2. The number of rotatable bonds is 7. The molecule has 2 N–H and O–H groups in total. The molecule has 6 nitrogen and oxygen atoms in total. The number of benzene rings is 1. The molecule has 0 radical (unpaired) electrons. The molecule has 30 heavy (non-hydrogen) atoms. The van der Waals surface area contributed by atoms with Gasteiger partial charge in [-0.2, -0.15) is 0 Å². The number of ether oxygens (including phenoxy) is 3. The summed E-state index contributed by atoms with van der Waals surface area (Å²) in [5.41, 5.74) is 5.24. The van der Waals surface area contributed by atoms with Gasteiger partial charge in [0.05, 0.1) is 29.2 Å². The lowest BCUT2D eigenvalue weighted by Gasteiger charge is -2.47.